The third-order valence-corrected chi connectivity index (χ3v) is 3.19. The maximum Gasteiger partial charge on any atom is 0.126 e. The van der Waals surface area contributed by atoms with Crippen molar-refractivity contribution in [3.05, 3.63) is 35.4 Å². The van der Waals surface area contributed by atoms with Crippen molar-refractivity contribution in [3.63, 3.8) is 0 Å². The summed E-state index contributed by atoms with van der Waals surface area (Å²) in [5.41, 5.74) is 0.509. The van der Waals surface area contributed by atoms with E-state index in [0.717, 1.165) is 19.5 Å². The molecule has 0 saturated carbocycles. The lowest BCUT2D eigenvalue weighted by atomic mass is 9.82. The van der Waals surface area contributed by atoms with Crippen LogP contribution in [0.4, 0.5) is 8.78 Å². The zero-order valence-corrected chi connectivity index (χ0v) is 8.76. The van der Waals surface area contributed by atoms with Gasteiger partial charge in [0, 0.05) is 12.5 Å². The second-order valence-corrected chi connectivity index (χ2v) is 4.24. The number of rotatable bonds is 1. The predicted molar refractivity (Wildman–Crippen MR) is 55.7 cm³/mol. The lowest BCUT2D eigenvalue weighted by Gasteiger charge is -2.30. The van der Waals surface area contributed by atoms with Crippen molar-refractivity contribution < 1.29 is 8.78 Å². The Bertz CT molecular complexity index is 351. The van der Waals surface area contributed by atoms with Crippen molar-refractivity contribution >= 4 is 0 Å². The number of benzene rings is 1. The Kier molecular flexibility index (Phi) is 3.00. The predicted octanol–water partition coefficient (Wildman–Crippen LogP) is 2.68. The molecule has 0 radical (unpaired) electrons. The van der Waals surface area contributed by atoms with E-state index < -0.39 is 0 Å². The van der Waals surface area contributed by atoms with Crippen LogP contribution in [0.3, 0.4) is 0 Å². The summed E-state index contributed by atoms with van der Waals surface area (Å²) in [5.74, 6) is -0.155. The van der Waals surface area contributed by atoms with E-state index in [1.54, 1.807) is 0 Å². The quantitative estimate of drug-likeness (QED) is 0.753. The van der Waals surface area contributed by atoms with Gasteiger partial charge in [0.1, 0.15) is 11.6 Å². The fourth-order valence-electron chi connectivity index (χ4n) is 2.20. The molecule has 1 aromatic carbocycles. The topological polar surface area (TPSA) is 12.0 Å². The van der Waals surface area contributed by atoms with Crippen LogP contribution in [-0.2, 0) is 0 Å². The summed E-state index contributed by atoms with van der Waals surface area (Å²) in [6, 6.07) is 3.70. The van der Waals surface area contributed by atoms with Crippen LogP contribution >= 0.6 is 0 Å². The fourth-order valence-corrected chi connectivity index (χ4v) is 2.20. The molecule has 0 amide bonds. The van der Waals surface area contributed by atoms with Crippen molar-refractivity contribution in [2.75, 3.05) is 13.1 Å². The van der Waals surface area contributed by atoms with Crippen LogP contribution in [0.25, 0.3) is 0 Å². The maximum absolute atomic E-state index is 13.5. The van der Waals surface area contributed by atoms with Gasteiger partial charge in [-0.2, -0.15) is 0 Å². The number of nitrogens with one attached hydrogen (secondary N) is 1. The highest BCUT2D eigenvalue weighted by Crippen LogP contribution is 2.30. The first kappa shape index (κ1) is 10.6. The van der Waals surface area contributed by atoms with Gasteiger partial charge in [-0.3, -0.25) is 0 Å². The average molecular weight is 211 g/mol. The minimum Gasteiger partial charge on any atom is -0.316 e. The molecule has 2 atom stereocenters. The Balaban J connectivity index is 2.30. The molecule has 1 N–H and O–H groups in total. The number of hydrogen-bond acceptors (Lipinski definition) is 1. The lowest BCUT2D eigenvalue weighted by molar-refractivity contribution is 0.339. The lowest BCUT2D eigenvalue weighted by Crippen LogP contribution is -2.34. The molecule has 1 fully saturated rings. The van der Waals surface area contributed by atoms with Gasteiger partial charge in [-0.1, -0.05) is 6.92 Å². The van der Waals surface area contributed by atoms with Crippen molar-refractivity contribution in [1.82, 2.24) is 5.32 Å². The van der Waals surface area contributed by atoms with E-state index in [4.69, 9.17) is 0 Å². The smallest absolute Gasteiger partial charge is 0.126 e. The van der Waals surface area contributed by atoms with Crippen LogP contribution in [0.5, 0.6) is 0 Å². The van der Waals surface area contributed by atoms with Crippen LogP contribution in [-0.4, -0.2) is 13.1 Å². The molecular weight excluding hydrogens is 196 g/mol. The van der Waals surface area contributed by atoms with E-state index >= 15 is 0 Å². The molecule has 1 aromatic rings. The first-order valence-corrected chi connectivity index (χ1v) is 5.34. The van der Waals surface area contributed by atoms with E-state index in [2.05, 4.69) is 12.2 Å². The van der Waals surface area contributed by atoms with Crippen LogP contribution in [0.1, 0.15) is 24.8 Å². The standard InChI is InChI=1S/C12H15F2N/c1-8-4-5-15-7-11(8)10-6-9(13)2-3-12(10)14/h2-3,6,8,11,15H,4-5,7H2,1H3. The summed E-state index contributed by atoms with van der Waals surface area (Å²) in [7, 11) is 0. The fraction of sp³-hybridized carbons (Fsp3) is 0.500. The molecule has 1 aliphatic rings. The molecule has 2 unspecified atom stereocenters. The van der Waals surface area contributed by atoms with Crippen LogP contribution in [0.2, 0.25) is 0 Å². The summed E-state index contributed by atoms with van der Waals surface area (Å²) >= 11 is 0. The minimum absolute atomic E-state index is 0.0921. The highest BCUT2D eigenvalue weighted by Gasteiger charge is 2.25. The van der Waals surface area contributed by atoms with Gasteiger partial charge in [0.2, 0.25) is 0 Å². The van der Waals surface area contributed by atoms with Crippen LogP contribution in [0.15, 0.2) is 18.2 Å². The van der Waals surface area contributed by atoms with Crippen molar-refractivity contribution in [3.8, 4) is 0 Å². The highest BCUT2D eigenvalue weighted by atomic mass is 19.1. The molecule has 15 heavy (non-hydrogen) atoms. The van der Waals surface area contributed by atoms with Crippen LogP contribution < -0.4 is 5.32 Å². The molecule has 3 heteroatoms. The molecule has 0 spiro atoms. The second kappa shape index (κ2) is 4.27. The van der Waals surface area contributed by atoms with Gasteiger partial charge in [0.15, 0.2) is 0 Å². The Morgan fingerprint density at radius 1 is 1.33 bits per heavy atom. The first-order valence-electron chi connectivity index (χ1n) is 5.34. The number of piperidine rings is 1. The van der Waals surface area contributed by atoms with E-state index in [0.29, 0.717) is 11.5 Å². The SMILES string of the molecule is CC1CCNCC1c1cc(F)ccc1F. The van der Waals surface area contributed by atoms with Gasteiger partial charge in [-0.15, -0.1) is 0 Å². The molecular formula is C12H15F2N. The Labute approximate surface area is 88.5 Å². The van der Waals surface area contributed by atoms with Crippen molar-refractivity contribution in [2.45, 2.75) is 19.3 Å². The molecule has 1 heterocycles. The maximum atomic E-state index is 13.5. The summed E-state index contributed by atoms with van der Waals surface area (Å²) in [5, 5.41) is 3.22. The van der Waals surface area contributed by atoms with Gasteiger partial charge >= 0.3 is 0 Å². The van der Waals surface area contributed by atoms with E-state index in [9.17, 15) is 8.78 Å². The zero-order chi connectivity index (χ0) is 10.8. The monoisotopic (exact) mass is 211 g/mol. The molecule has 1 aliphatic heterocycles. The Morgan fingerprint density at radius 2 is 2.13 bits per heavy atom. The Morgan fingerprint density at radius 3 is 2.87 bits per heavy atom. The summed E-state index contributed by atoms with van der Waals surface area (Å²) < 4.78 is 26.6. The van der Waals surface area contributed by atoms with Gasteiger partial charge in [-0.05, 0) is 42.6 Å². The van der Waals surface area contributed by atoms with E-state index in [-0.39, 0.29) is 17.6 Å². The van der Waals surface area contributed by atoms with Gasteiger partial charge < -0.3 is 5.32 Å². The van der Waals surface area contributed by atoms with Gasteiger partial charge in [0.05, 0.1) is 0 Å². The first-order chi connectivity index (χ1) is 7.18. The molecule has 1 saturated heterocycles. The van der Waals surface area contributed by atoms with E-state index in [1.807, 2.05) is 0 Å². The molecule has 0 aliphatic carbocycles. The van der Waals surface area contributed by atoms with E-state index in [1.165, 1.54) is 18.2 Å². The van der Waals surface area contributed by atoms with Gasteiger partial charge in [0.25, 0.3) is 0 Å². The molecule has 2 rings (SSSR count). The molecule has 0 bridgehead atoms. The average Bonchev–Trinajstić information content (AvgIpc) is 2.23. The third kappa shape index (κ3) is 2.17. The number of hydrogen-bond donors (Lipinski definition) is 1. The normalized spacial score (nSPS) is 26.6. The number of halogens is 2. The summed E-state index contributed by atoms with van der Waals surface area (Å²) in [4.78, 5) is 0. The zero-order valence-electron chi connectivity index (χ0n) is 8.76. The summed E-state index contributed by atoms with van der Waals surface area (Å²) in [6.45, 7) is 3.80. The third-order valence-electron chi connectivity index (χ3n) is 3.19. The molecule has 82 valence electrons. The van der Waals surface area contributed by atoms with Crippen LogP contribution in [0, 0.1) is 17.6 Å². The second-order valence-electron chi connectivity index (χ2n) is 4.24. The molecule has 0 aromatic heterocycles. The van der Waals surface area contributed by atoms with Crippen molar-refractivity contribution in [2.24, 2.45) is 5.92 Å². The minimum atomic E-state index is -0.357. The van der Waals surface area contributed by atoms with Gasteiger partial charge in [-0.25, -0.2) is 8.78 Å². The Hall–Kier alpha value is -0.960. The highest BCUT2D eigenvalue weighted by molar-refractivity contribution is 5.24. The largest absolute Gasteiger partial charge is 0.316 e. The molecule has 1 nitrogen and oxygen atoms in total. The van der Waals surface area contributed by atoms with Crippen molar-refractivity contribution in [1.29, 1.82) is 0 Å². The summed E-state index contributed by atoms with van der Waals surface area (Å²) in [6.07, 6.45) is 1.01.